The van der Waals surface area contributed by atoms with E-state index in [9.17, 15) is 19.6 Å². The number of hydrogen-bond acceptors (Lipinski definition) is 8. The Hall–Kier alpha value is -2.68. The summed E-state index contributed by atoms with van der Waals surface area (Å²) in [6.45, 7) is 8.76. The van der Waals surface area contributed by atoms with Gasteiger partial charge in [-0.25, -0.2) is 0 Å². The zero-order valence-electron chi connectivity index (χ0n) is 23.9. The third-order valence-electron chi connectivity index (χ3n) is 7.76. The number of carboxylic acids is 1. The number of carboxylic acid groups (broad SMARTS) is 1. The van der Waals surface area contributed by atoms with Crippen LogP contribution >= 0.6 is 24.0 Å². The highest BCUT2D eigenvalue weighted by molar-refractivity contribution is 8.26. The van der Waals surface area contributed by atoms with Crippen LogP contribution in [0.2, 0.25) is 0 Å². The number of amides is 1. The molecule has 3 rings (SSSR count). The van der Waals surface area contributed by atoms with Crippen LogP contribution in [-0.2, 0) is 16.6 Å². The van der Waals surface area contributed by atoms with Gasteiger partial charge >= 0.3 is 5.97 Å². The number of thiocarbonyl (C=S) groups is 1. The largest absolute Gasteiger partial charge is 0.481 e. The van der Waals surface area contributed by atoms with E-state index < -0.39 is 5.97 Å². The van der Waals surface area contributed by atoms with Crippen LogP contribution in [0, 0.1) is 18.3 Å². The van der Waals surface area contributed by atoms with Crippen molar-refractivity contribution >= 4 is 52.1 Å². The van der Waals surface area contributed by atoms with Crippen LogP contribution in [0.3, 0.4) is 0 Å². The van der Waals surface area contributed by atoms with E-state index in [-0.39, 0.29) is 23.5 Å². The van der Waals surface area contributed by atoms with Gasteiger partial charge in [0.05, 0.1) is 4.91 Å². The van der Waals surface area contributed by atoms with Gasteiger partial charge in [0, 0.05) is 51.8 Å². The molecule has 218 valence electrons. The second-order valence-corrected chi connectivity index (χ2v) is 12.1. The second-order valence-electron chi connectivity index (χ2n) is 10.4. The average Bonchev–Trinajstić information content (AvgIpc) is 3.20. The Kier molecular flexibility index (Phi) is 12.2. The molecule has 3 heterocycles. The second kappa shape index (κ2) is 15.4. The fraction of sp³-hybridized carbons (Fsp3) is 0.621. The summed E-state index contributed by atoms with van der Waals surface area (Å²) in [5, 5.41) is 18.4. The molecule has 1 aromatic heterocycles. The van der Waals surface area contributed by atoms with E-state index in [0.717, 1.165) is 95.5 Å². The third kappa shape index (κ3) is 7.95. The van der Waals surface area contributed by atoms with Crippen LogP contribution in [0.25, 0.3) is 6.08 Å². The molecule has 0 aromatic carbocycles. The number of aromatic nitrogens is 1. The quantitative estimate of drug-likeness (QED) is 0.191. The molecule has 2 fully saturated rings. The molecule has 2 saturated heterocycles. The molecule has 1 aromatic rings. The van der Waals surface area contributed by atoms with Crippen molar-refractivity contribution < 1.29 is 14.7 Å². The summed E-state index contributed by atoms with van der Waals surface area (Å²) in [7, 11) is 1.70. The van der Waals surface area contributed by atoms with Gasteiger partial charge in [0.25, 0.3) is 11.5 Å². The standard InChI is InChI=1S/C29H41N5O4S2/c1-4-32-15-17-33(18-16-32)26-22(21(2)23(20-30)27(37)31(26)3)19-24-28(38)34(29(39)40-24)14-12-10-8-6-5-7-9-11-13-25(35)36/h19H,4-18H2,1-3H3,(H,35,36)/b24-19-. The van der Waals surface area contributed by atoms with Crippen LogP contribution in [-0.4, -0.2) is 74.9 Å². The van der Waals surface area contributed by atoms with Crippen molar-refractivity contribution in [1.29, 1.82) is 5.26 Å². The van der Waals surface area contributed by atoms with Crippen molar-refractivity contribution in [1.82, 2.24) is 14.4 Å². The highest BCUT2D eigenvalue weighted by Crippen LogP contribution is 2.36. The summed E-state index contributed by atoms with van der Waals surface area (Å²) in [6, 6.07) is 2.07. The minimum atomic E-state index is -0.729. The van der Waals surface area contributed by atoms with E-state index in [4.69, 9.17) is 17.3 Å². The topological polar surface area (TPSA) is 110 Å². The van der Waals surface area contributed by atoms with Gasteiger partial charge in [-0.2, -0.15) is 5.26 Å². The fourth-order valence-corrected chi connectivity index (χ4v) is 6.59. The molecule has 0 bridgehead atoms. The summed E-state index contributed by atoms with van der Waals surface area (Å²) in [6.07, 6.45) is 9.97. The predicted octanol–water partition coefficient (Wildman–Crippen LogP) is 4.50. The van der Waals surface area contributed by atoms with E-state index in [2.05, 4.69) is 22.8 Å². The van der Waals surface area contributed by atoms with Crippen molar-refractivity contribution in [2.45, 2.75) is 71.6 Å². The molecular weight excluding hydrogens is 546 g/mol. The molecule has 9 nitrogen and oxygen atoms in total. The molecule has 0 spiro atoms. The summed E-state index contributed by atoms with van der Waals surface area (Å²) in [5.74, 6) is -0.111. The molecule has 2 aliphatic rings. The summed E-state index contributed by atoms with van der Waals surface area (Å²) >= 11 is 6.84. The molecule has 40 heavy (non-hydrogen) atoms. The van der Waals surface area contributed by atoms with Gasteiger partial charge in [0.15, 0.2) is 0 Å². The lowest BCUT2D eigenvalue weighted by atomic mass is 10.0. The monoisotopic (exact) mass is 587 g/mol. The van der Waals surface area contributed by atoms with Crippen LogP contribution < -0.4 is 10.5 Å². The number of aliphatic carboxylic acids is 1. The number of hydrogen-bond donors (Lipinski definition) is 1. The van der Waals surface area contributed by atoms with Crippen molar-refractivity contribution in [2.24, 2.45) is 7.05 Å². The number of thioether (sulfide) groups is 1. The van der Waals surface area contributed by atoms with Crippen LogP contribution in [0.15, 0.2) is 9.70 Å². The number of likely N-dealkylation sites (N-methyl/N-ethyl adjacent to an activating group) is 1. The van der Waals surface area contributed by atoms with Gasteiger partial charge in [0.1, 0.15) is 21.8 Å². The van der Waals surface area contributed by atoms with E-state index >= 15 is 0 Å². The summed E-state index contributed by atoms with van der Waals surface area (Å²) in [5.41, 5.74) is 1.10. The zero-order valence-corrected chi connectivity index (χ0v) is 25.5. The van der Waals surface area contributed by atoms with Crippen molar-refractivity contribution in [3.63, 3.8) is 0 Å². The van der Waals surface area contributed by atoms with Gasteiger partial charge in [-0.05, 0) is 37.9 Å². The van der Waals surface area contributed by atoms with Crippen molar-refractivity contribution in [3.8, 4) is 6.07 Å². The smallest absolute Gasteiger partial charge is 0.303 e. The van der Waals surface area contributed by atoms with Crippen molar-refractivity contribution in [3.05, 3.63) is 31.9 Å². The Balaban J connectivity index is 1.66. The number of unbranched alkanes of at least 4 members (excludes halogenated alkanes) is 7. The summed E-state index contributed by atoms with van der Waals surface area (Å²) in [4.78, 5) is 43.7. The van der Waals surface area contributed by atoms with Gasteiger partial charge in [0.2, 0.25) is 0 Å². The lowest BCUT2D eigenvalue weighted by molar-refractivity contribution is -0.137. The first-order valence-corrected chi connectivity index (χ1v) is 15.5. The first-order valence-electron chi connectivity index (χ1n) is 14.3. The number of anilines is 1. The highest BCUT2D eigenvalue weighted by atomic mass is 32.2. The van der Waals surface area contributed by atoms with E-state index in [1.54, 1.807) is 23.4 Å². The maximum atomic E-state index is 13.4. The molecule has 1 N–H and O–H groups in total. The zero-order chi connectivity index (χ0) is 29.2. The first kappa shape index (κ1) is 31.8. The van der Waals surface area contributed by atoms with Crippen molar-refractivity contribution in [2.75, 3.05) is 44.2 Å². The molecule has 1 amide bonds. The van der Waals surface area contributed by atoms with Crippen LogP contribution in [0.5, 0.6) is 0 Å². The Morgan fingerprint density at radius 2 is 1.65 bits per heavy atom. The Bertz CT molecular complexity index is 1230. The van der Waals surface area contributed by atoms with Gasteiger partial charge < -0.3 is 14.9 Å². The molecule has 0 unspecified atom stereocenters. The number of nitrogens with zero attached hydrogens (tertiary/aromatic N) is 5. The molecule has 0 saturated carbocycles. The number of nitriles is 1. The Morgan fingerprint density at radius 1 is 1.05 bits per heavy atom. The number of pyridine rings is 1. The van der Waals surface area contributed by atoms with E-state index in [0.29, 0.717) is 21.3 Å². The average molecular weight is 588 g/mol. The fourth-order valence-electron chi connectivity index (χ4n) is 5.30. The van der Waals surface area contributed by atoms with Gasteiger partial charge in [-0.15, -0.1) is 0 Å². The number of piperazine rings is 1. The Labute approximate surface area is 246 Å². The lowest BCUT2D eigenvalue weighted by Gasteiger charge is -2.37. The lowest BCUT2D eigenvalue weighted by Crippen LogP contribution is -2.48. The van der Waals surface area contributed by atoms with E-state index in [1.807, 2.05) is 6.08 Å². The maximum Gasteiger partial charge on any atom is 0.303 e. The normalized spacial score (nSPS) is 17.2. The minimum absolute atomic E-state index is 0.0991. The molecule has 11 heteroatoms. The highest BCUT2D eigenvalue weighted by Gasteiger charge is 2.33. The van der Waals surface area contributed by atoms with Gasteiger partial charge in [-0.3, -0.25) is 23.9 Å². The number of carbonyl (C=O) groups excluding carboxylic acids is 1. The van der Waals surface area contributed by atoms with Crippen LogP contribution in [0.4, 0.5) is 5.82 Å². The first-order chi connectivity index (χ1) is 19.2. The molecule has 0 atom stereocenters. The van der Waals surface area contributed by atoms with E-state index in [1.165, 1.54) is 11.8 Å². The summed E-state index contributed by atoms with van der Waals surface area (Å²) < 4.78 is 2.09. The molecule has 0 radical (unpaired) electrons. The predicted molar refractivity (Wildman–Crippen MR) is 165 cm³/mol. The van der Waals surface area contributed by atoms with Gasteiger partial charge in [-0.1, -0.05) is 69.4 Å². The number of carbonyl (C=O) groups is 2. The number of rotatable bonds is 14. The van der Waals surface area contributed by atoms with Crippen LogP contribution in [0.1, 0.15) is 81.4 Å². The maximum absolute atomic E-state index is 13.4. The minimum Gasteiger partial charge on any atom is -0.481 e. The molecule has 2 aliphatic heterocycles. The Morgan fingerprint density at radius 3 is 2.23 bits per heavy atom. The molecule has 0 aliphatic carbocycles. The molecular formula is C29H41N5O4S2. The third-order valence-corrected chi connectivity index (χ3v) is 9.14. The SMILES string of the molecule is CCN1CCN(c2c(/C=C3\SC(=S)N(CCCCCCCCCCC(=O)O)C3=O)c(C)c(C#N)c(=O)n2C)CC1.